The number of nitrogens with two attached hydrogens (primary N) is 1. The average Bonchev–Trinajstić information content (AvgIpc) is 3.30. The van der Waals surface area contributed by atoms with Crippen molar-refractivity contribution in [2.75, 3.05) is 5.73 Å². The standard InChI is InChI=1S/C24H22FN7O3/c1-12-9-17(10-13(2)32(12)34)20-21(16-5-7-18(25)8-6-16)28-23(26)31-22(20)29-30(24(31)33)11-19-14(3)35-15(4)27-19/h5-10,26,34H,11H2,1-4H3/p+1. The van der Waals surface area contributed by atoms with Gasteiger partial charge >= 0.3 is 5.69 Å². The maximum absolute atomic E-state index is 13.7. The van der Waals surface area contributed by atoms with Gasteiger partial charge in [0.1, 0.15) is 17.3 Å². The number of pyridine rings is 1. The minimum atomic E-state index is -0.487. The Morgan fingerprint density at radius 2 is 1.71 bits per heavy atom. The van der Waals surface area contributed by atoms with E-state index in [4.69, 9.17) is 10.2 Å². The van der Waals surface area contributed by atoms with E-state index in [2.05, 4.69) is 15.1 Å². The molecule has 10 nitrogen and oxygen atoms in total. The van der Waals surface area contributed by atoms with Crippen molar-refractivity contribution < 1.29 is 18.7 Å². The molecule has 0 unspecified atom stereocenters. The van der Waals surface area contributed by atoms with Gasteiger partial charge in [-0.3, -0.25) is 5.21 Å². The van der Waals surface area contributed by atoms with Crippen molar-refractivity contribution in [1.29, 1.82) is 0 Å². The zero-order chi connectivity index (χ0) is 25.0. The second-order valence-electron chi connectivity index (χ2n) is 8.37. The van der Waals surface area contributed by atoms with Crippen molar-refractivity contribution in [3.05, 3.63) is 81.4 Å². The first-order valence-electron chi connectivity index (χ1n) is 10.8. The Bertz CT molecular complexity index is 1640. The summed E-state index contributed by atoms with van der Waals surface area (Å²) in [6.45, 7) is 7.07. The summed E-state index contributed by atoms with van der Waals surface area (Å²) in [5, 5.41) is 14.8. The van der Waals surface area contributed by atoms with E-state index in [1.165, 1.54) is 21.2 Å². The minimum Gasteiger partial charge on any atom is -0.446 e. The first-order valence-corrected chi connectivity index (χ1v) is 10.8. The van der Waals surface area contributed by atoms with Crippen LogP contribution in [0.3, 0.4) is 0 Å². The lowest BCUT2D eigenvalue weighted by molar-refractivity contribution is -0.912. The Morgan fingerprint density at radius 1 is 1.06 bits per heavy atom. The van der Waals surface area contributed by atoms with Crippen LogP contribution in [-0.4, -0.2) is 29.4 Å². The molecule has 0 bridgehead atoms. The van der Waals surface area contributed by atoms with Gasteiger partial charge in [-0.15, -0.1) is 5.10 Å². The van der Waals surface area contributed by atoms with E-state index in [1.54, 1.807) is 52.0 Å². The third-order valence-corrected chi connectivity index (χ3v) is 5.86. The predicted octanol–water partition coefficient (Wildman–Crippen LogP) is 2.74. The van der Waals surface area contributed by atoms with Gasteiger partial charge in [-0.05, 0) is 31.2 Å². The molecule has 0 radical (unpaired) electrons. The highest BCUT2D eigenvalue weighted by molar-refractivity contribution is 5.90. The van der Waals surface area contributed by atoms with E-state index in [-0.39, 0.29) is 18.1 Å². The molecule has 35 heavy (non-hydrogen) atoms. The van der Waals surface area contributed by atoms with Gasteiger partial charge < -0.3 is 10.2 Å². The smallest absolute Gasteiger partial charge is 0.353 e. The number of benzene rings is 1. The van der Waals surface area contributed by atoms with Gasteiger partial charge in [-0.25, -0.2) is 28.2 Å². The lowest BCUT2D eigenvalue weighted by Gasteiger charge is -2.12. The summed E-state index contributed by atoms with van der Waals surface area (Å²) in [5.41, 5.74) is 9.93. The van der Waals surface area contributed by atoms with Crippen LogP contribution in [0.5, 0.6) is 0 Å². The quantitative estimate of drug-likeness (QED) is 0.301. The number of hydrogen-bond donors (Lipinski definition) is 2. The second kappa shape index (κ2) is 8.05. The Kier molecular flexibility index (Phi) is 5.12. The predicted molar refractivity (Wildman–Crippen MR) is 124 cm³/mol. The summed E-state index contributed by atoms with van der Waals surface area (Å²) < 4.78 is 22.7. The average molecular weight is 476 g/mol. The number of halogens is 1. The highest BCUT2D eigenvalue weighted by Crippen LogP contribution is 2.34. The number of hydrogen-bond acceptors (Lipinski definition) is 7. The van der Waals surface area contributed by atoms with Crippen LogP contribution in [0.15, 0.2) is 45.6 Å². The highest BCUT2D eigenvalue weighted by Gasteiger charge is 2.24. The van der Waals surface area contributed by atoms with E-state index in [9.17, 15) is 14.4 Å². The van der Waals surface area contributed by atoms with E-state index in [0.717, 1.165) is 4.73 Å². The molecule has 0 aliphatic heterocycles. The van der Waals surface area contributed by atoms with Gasteiger partial charge in [-0.1, -0.05) is 0 Å². The van der Waals surface area contributed by atoms with Crippen molar-refractivity contribution >= 4 is 11.6 Å². The first-order chi connectivity index (χ1) is 16.6. The molecule has 5 aromatic rings. The molecule has 0 saturated carbocycles. The lowest BCUT2D eigenvalue weighted by atomic mass is 9.99. The molecule has 4 heterocycles. The van der Waals surface area contributed by atoms with Gasteiger partial charge in [0.15, 0.2) is 11.5 Å². The molecular weight excluding hydrogens is 453 g/mol. The largest absolute Gasteiger partial charge is 0.446 e. The second-order valence-corrected chi connectivity index (χ2v) is 8.37. The summed E-state index contributed by atoms with van der Waals surface area (Å²) >= 11 is 0. The molecule has 5 rings (SSSR count). The topological polar surface area (TPSA) is 128 Å². The molecule has 0 atom stereocenters. The number of rotatable bonds is 4. The fourth-order valence-electron chi connectivity index (χ4n) is 4.19. The summed E-state index contributed by atoms with van der Waals surface area (Å²) in [6, 6.07) is 9.32. The van der Waals surface area contributed by atoms with Crippen molar-refractivity contribution in [3.8, 4) is 22.4 Å². The van der Waals surface area contributed by atoms with Gasteiger partial charge in [-0.2, -0.15) is 0 Å². The van der Waals surface area contributed by atoms with E-state index in [0.29, 0.717) is 51.1 Å². The van der Waals surface area contributed by atoms with Crippen LogP contribution >= 0.6 is 0 Å². The molecule has 0 aliphatic rings. The SMILES string of the molecule is Cc1nc(Cn2nc3c(-c4cc(C)[n+](O)c(C)c4)c(-c4ccc(F)cc4)nc(N)n3c2=O)c(C)o1. The lowest BCUT2D eigenvalue weighted by Crippen LogP contribution is -2.37. The third-order valence-electron chi connectivity index (χ3n) is 5.86. The van der Waals surface area contributed by atoms with Gasteiger partial charge in [0.05, 0.1) is 17.8 Å². The van der Waals surface area contributed by atoms with Crippen molar-refractivity contribution in [3.63, 3.8) is 0 Å². The highest BCUT2D eigenvalue weighted by atomic mass is 19.1. The Labute approximate surface area is 198 Å². The molecule has 0 fully saturated rings. The monoisotopic (exact) mass is 476 g/mol. The van der Waals surface area contributed by atoms with Gasteiger partial charge in [0, 0.05) is 48.8 Å². The molecule has 0 spiro atoms. The summed E-state index contributed by atoms with van der Waals surface area (Å²) in [7, 11) is 0. The van der Waals surface area contributed by atoms with Crippen LogP contribution in [0.25, 0.3) is 28.0 Å². The van der Waals surface area contributed by atoms with E-state index >= 15 is 0 Å². The molecule has 4 aromatic heterocycles. The van der Waals surface area contributed by atoms with E-state index in [1.807, 2.05) is 0 Å². The number of aromatic nitrogens is 6. The number of fused-ring (bicyclic) bond motifs is 1. The number of nitrogen functional groups attached to an aromatic ring is 1. The van der Waals surface area contributed by atoms with Crippen LogP contribution in [0, 0.1) is 33.5 Å². The summed E-state index contributed by atoms with van der Waals surface area (Å²) in [6.07, 6.45) is 0. The molecule has 0 amide bonds. The van der Waals surface area contributed by atoms with Crippen LogP contribution in [0.2, 0.25) is 0 Å². The van der Waals surface area contributed by atoms with Crippen molar-refractivity contribution in [2.24, 2.45) is 0 Å². The summed E-state index contributed by atoms with van der Waals surface area (Å²) in [5.74, 6) is 0.624. The van der Waals surface area contributed by atoms with Crippen molar-refractivity contribution in [1.82, 2.24) is 24.1 Å². The van der Waals surface area contributed by atoms with E-state index < -0.39 is 11.5 Å². The van der Waals surface area contributed by atoms with Gasteiger partial charge in [0.25, 0.3) is 0 Å². The van der Waals surface area contributed by atoms with Crippen LogP contribution < -0.4 is 16.2 Å². The third kappa shape index (κ3) is 3.70. The molecule has 0 aliphatic carbocycles. The number of aryl methyl sites for hydroxylation is 4. The van der Waals surface area contributed by atoms with Crippen LogP contribution in [-0.2, 0) is 6.54 Å². The normalized spacial score (nSPS) is 11.5. The molecular formula is C24H23FN7O3+. The molecule has 0 saturated heterocycles. The zero-order valence-corrected chi connectivity index (χ0v) is 19.6. The fourth-order valence-corrected chi connectivity index (χ4v) is 4.19. The maximum Gasteiger partial charge on any atom is 0.353 e. The number of oxazole rings is 1. The van der Waals surface area contributed by atoms with Crippen LogP contribution in [0.1, 0.15) is 28.7 Å². The zero-order valence-electron chi connectivity index (χ0n) is 19.6. The Balaban J connectivity index is 1.83. The molecule has 3 N–H and O–H groups in total. The van der Waals surface area contributed by atoms with Crippen LogP contribution in [0.4, 0.5) is 10.3 Å². The molecule has 1 aromatic carbocycles. The Morgan fingerprint density at radius 3 is 2.31 bits per heavy atom. The summed E-state index contributed by atoms with van der Waals surface area (Å²) in [4.78, 5) is 22.2. The fraction of sp³-hybridized carbons (Fsp3) is 0.208. The first kappa shape index (κ1) is 22.3. The van der Waals surface area contributed by atoms with Crippen molar-refractivity contribution in [2.45, 2.75) is 34.2 Å². The van der Waals surface area contributed by atoms with Gasteiger partial charge in [0.2, 0.25) is 17.3 Å². The Hall–Kier alpha value is -4.54. The maximum atomic E-state index is 13.7. The minimum absolute atomic E-state index is 0.0611. The molecule has 11 heteroatoms. The number of nitrogens with zero attached hydrogens (tertiary/aromatic N) is 6. The number of anilines is 1. The molecule has 178 valence electrons.